The number of benzene rings is 1. The Labute approximate surface area is 141 Å². The molecule has 2 aliphatic rings. The van der Waals surface area contributed by atoms with Crippen LogP contribution in [0.5, 0.6) is 0 Å². The molecule has 24 heavy (non-hydrogen) atoms. The maximum atomic E-state index is 13.4. The van der Waals surface area contributed by atoms with Gasteiger partial charge in [0, 0.05) is 23.7 Å². The van der Waals surface area contributed by atoms with E-state index in [0.717, 1.165) is 11.5 Å². The molecule has 0 amide bonds. The first kappa shape index (κ1) is 15.4. The summed E-state index contributed by atoms with van der Waals surface area (Å²) in [6.45, 7) is 0. The van der Waals surface area contributed by atoms with Gasteiger partial charge in [-0.15, -0.1) is 0 Å². The molecule has 0 saturated heterocycles. The quantitative estimate of drug-likeness (QED) is 0.813. The molecule has 0 atom stereocenters. The molecule has 2 aromatic rings. The molecule has 2 saturated carbocycles. The van der Waals surface area contributed by atoms with Crippen molar-refractivity contribution >= 4 is 17.5 Å². The molecule has 4 rings (SSSR count). The molecule has 126 valence electrons. The van der Waals surface area contributed by atoms with Crippen LogP contribution >= 0.6 is 0 Å². The summed E-state index contributed by atoms with van der Waals surface area (Å²) >= 11 is 0. The Morgan fingerprint density at radius 2 is 1.79 bits per heavy atom. The number of aromatic nitrogens is 2. The van der Waals surface area contributed by atoms with Crippen LogP contribution in [0.4, 0.5) is 21.8 Å². The molecule has 0 bridgehead atoms. The predicted octanol–water partition coefficient (Wildman–Crippen LogP) is 4.98. The molecule has 0 spiro atoms. The maximum Gasteiger partial charge on any atom is 0.225 e. The Morgan fingerprint density at radius 3 is 2.54 bits per heavy atom. The van der Waals surface area contributed by atoms with Gasteiger partial charge in [0.05, 0.1) is 5.69 Å². The zero-order valence-electron chi connectivity index (χ0n) is 13.8. The number of halogens is 1. The van der Waals surface area contributed by atoms with E-state index >= 15 is 0 Å². The van der Waals surface area contributed by atoms with Crippen LogP contribution in [0, 0.1) is 5.82 Å². The van der Waals surface area contributed by atoms with Crippen LogP contribution < -0.4 is 10.6 Å². The second-order valence-corrected chi connectivity index (χ2v) is 6.89. The fourth-order valence-electron chi connectivity index (χ4n) is 3.33. The molecule has 2 fully saturated rings. The van der Waals surface area contributed by atoms with Crippen molar-refractivity contribution in [2.75, 3.05) is 10.6 Å². The molecular weight excluding hydrogens is 303 g/mol. The monoisotopic (exact) mass is 326 g/mol. The fraction of sp³-hybridized carbons (Fsp3) is 0.474. The highest BCUT2D eigenvalue weighted by atomic mass is 19.1. The third kappa shape index (κ3) is 3.83. The van der Waals surface area contributed by atoms with Crippen LogP contribution in [-0.4, -0.2) is 16.0 Å². The van der Waals surface area contributed by atoms with Crippen molar-refractivity contribution < 1.29 is 4.39 Å². The van der Waals surface area contributed by atoms with E-state index in [-0.39, 0.29) is 5.82 Å². The first-order valence-electron chi connectivity index (χ1n) is 8.94. The summed E-state index contributed by atoms with van der Waals surface area (Å²) in [5, 5.41) is 6.72. The predicted molar refractivity (Wildman–Crippen MR) is 94.2 cm³/mol. The standard InChI is InChI=1S/C19H23FN4/c20-14-5-4-8-16(11-14)21-18-12-17(13-9-10-13)23-19(24-18)22-15-6-2-1-3-7-15/h4-5,8,11-13,15H,1-3,6-7,9-10H2,(H2,21,22,23,24). The van der Waals surface area contributed by atoms with E-state index in [1.54, 1.807) is 6.07 Å². The van der Waals surface area contributed by atoms with Gasteiger partial charge < -0.3 is 10.6 Å². The van der Waals surface area contributed by atoms with Gasteiger partial charge in [0.25, 0.3) is 0 Å². The Balaban J connectivity index is 1.56. The number of nitrogens with zero attached hydrogens (tertiary/aromatic N) is 2. The lowest BCUT2D eigenvalue weighted by Crippen LogP contribution is -2.23. The Bertz CT molecular complexity index is 708. The molecule has 0 radical (unpaired) electrons. The summed E-state index contributed by atoms with van der Waals surface area (Å²) in [5.41, 5.74) is 1.79. The maximum absolute atomic E-state index is 13.4. The van der Waals surface area contributed by atoms with Gasteiger partial charge in [0.2, 0.25) is 5.95 Å². The molecule has 2 N–H and O–H groups in total. The van der Waals surface area contributed by atoms with E-state index in [1.807, 2.05) is 12.1 Å². The zero-order chi connectivity index (χ0) is 16.4. The van der Waals surface area contributed by atoms with Gasteiger partial charge in [-0.2, -0.15) is 4.98 Å². The van der Waals surface area contributed by atoms with Crippen molar-refractivity contribution in [1.82, 2.24) is 9.97 Å². The Hall–Kier alpha value is -2.17. The highest BCUT2D eigenvalue weighted by Crippen LogP contribution is 2.40. The summed E-state index contributed by atoms with van der Waals surface area (Å²) in [4.78, 5) is 9.32. The summed E-state index contributed by atoms with van der Waals surface area (Å²) in [6, 6.07) is 8.92. The first-order valence-corrected chi connectivity index (χ1v) is 8.94. The van der Waals surface area contributed by atoms with Crippen LogP contribution in [-0.2, 0) is 0 Å². The van der Waals surface area contributed by atoms with Gasteiger partial charge in [-0.25, -0.2) is 9.37 Å². The van der Waals surface area contributed by atoms with Crippen molar-refractivity contribution in [2.24, 2.45) is 0 Å². The lowest BCUT2D eigenvalue weighted by Gasteiger charge is -2.23. The van der Waals surface area contributed by atoms with Crippen LogP contribution in [0.3, 0.4) is 0 Å². The number of rotatable bonds is 5. The van der Waals surface area contributed by atoms with Gasteiger partial charge in [0.1, 0.15) is 11.6 Å². The van der Waals surface area contributed by atoms with Crippen LogP contribution in [0.1, 0.15) is 56.6 Å². The first-order chi connectivity index (χ1) is 11.8. The molecule has 0 unspecified atom stereocenters. The number of hydrogen-bond donors (Lipinski definition) is 2. The van der Waals surface area contributed by atoms with Crippen molar-refractivity contribution in [2.45, 2.75) is 56.9 Å². The molecular formula is C19H23FN4. The zero-order valence-corrected chi connectivity index (χ0v) is 13.8. The topological polar surface area (TPSA) is 49.8 Å². The van der Waals surface area contributed by atoms with Crippen molar-refractivity contribution in [3.8, 4) is 0 Å². The highest BCUT2D eigenvalue weighted by Gasteiger charge is 2.26. The molecule has 5 heteroatoms. The molecule has 0 aliphatic heterocycles. The second kappa shape index (κ2) is 6.75. The van der Waals surface area contributed by atoms with E-state index in [4.69, 9.17) is 4.98 Å². The van der Waals surface area contributed by atoms with Gasteiger partial charge in [0.15, 0.2) is 0 Å². The van der Waals surface area contributed by atoms with Crippen molar-refractivity contribution in [3.63, 3.8) is 0 Å². The minimum Gasteiger partial charge on any atom is -0.351 e. The van der Waals surface area contributed by atoms with Crippen molar-refractivity contribution in [1.29, 1.82) is 0 Å². The van der Waals surface area contributed by atoms with Gasteiger partial charge in [-0.05, 0) is 43.9 Å². The highest BCUT2D eigenvalue weighted by molar-refractivity contribution is 5.58. The van der Waals surface area contributed by atoms with E-state index in [0.29, 0.717) is 23.6 Å². The molecule has 1 heterocycles. The Kier molecular flexibility index (Phi) is 4.32. The van der Waals surface area contributed by atoms with E-state index in [1.165, 1.54) is 57.1 Å². The lowest BCUT2D eigenvalue weighted by atomic mass is 9.96. The molecule has 2 aliphatic carbocycles. The third-order valence-corrected chi connectivity index (χ3v) is 4.78. The summed E-state index contributed by atoms with van der Waals surface area (Å²) < 4.78 is 13.4. The van der Waals surface area contributed by atoms with Gasteiger partial charge in [-0.3, -0.25) is 0 Å². The number of hydrogen-bond acceptors (Lipinski definition) is 4. The fourth-order valence-corrected chi connectivity index (χ4v) is 3.33. The molecule has 4 nitrogen and oxygen atoms in total. The van der Waals surface area contributed by atoms with E-state index < -0.39 is 0 Å². The summed E-state index contributed by atoms with van der Waals surface area (Å²) in [6.07, 6.45) is 8.63. The van der Waals surface area contributed by atoms with E-state index in [2.05, 4.69) is 15.6 Å². The largest absolute Gasteiger partial charge is 0.351 e. The minimum absolute atomic E-state index is 0.253. The van der Waals surface area contributed by atoms with Crippen LogP contribution in [0.2, 0.25) is 0 Å². The Morgan fingerprint density at radius 1 is 0.958 bits per heavy atom. The third-order valence-electron chi connectivity index (χ3n) is 4.78. The average molecular weight is 326 g/mol. The summed E-state index contributed by atoms with van der Waals surface area (Å²) in [7, 11) is 0. The van der Waals surface area contributed by atoms with Crippen LogP contribution in [0.15, 0.2) is 30.3 Å². The molecule has 1 aromatic carbocycles. The molecule has 1 aromatic heterocycles. The van der Waals surface area contributed by atoms with Gasteiger partial charge >= 0.3 is 0 Å². The smallest absolute Gasteiger partial charge is 0.225 e. The van der Waals surface area contributed by atoms with Crippen LogP contribution in [0.25, 0.3) is 0 Å². The lowest BCUT2D eigenvalue weighted by molar-refractivity contribution is 0.460. The van der Waals surface area contributed by atoms with Gasteiger partial charge in [-0.1, -0.05) is 25.3 Å². The number of anilines is 3. The van der Waals surface area contributed by atoms with E-state index in [9.17, 15) is 4.39 Å². The second-order valence-electron chi connectivity index (χ2n) is 6.89. The SMILES string of the molecule is Fc1cccc(Nc2cc(C3CC3)nc(NC3CCCCC3)n2)c1. The minimum atomic E-state index is -0.253. The number of nitrogens with one attached hydrogen (secondary N) is 2. The normalized spacial score (nSPS) is 18.4. The van der Waals surface area contributed by atoms with Crippen molar-refractivity contribution in [3.05, 3.63) is 41.8 Å². The summed E-state index contributed by atoms with van der Waals surface area (Å²) in [5.74, 6) is 1.73. The average Bonchev–Trinajstić information content (AvgIpc) is 3.40.